The molecule has 14 heavy (non-hydrogen) atoms. The van der Waals surface area contributed by atoms with Crippen LogP contribution in [0.4, 0.5) is 13.2 Å². The Morgan fingerprint density at radius 1 is 1.29 bits per heavy atom. The van der Waals surface area contributed by atoms with Gasteiger partial charge in [0.25, 0.3) is 0 Å². The number of halogens is 3. The van der Waals surface area contributed by atoms with Crippen LogP contribution in [-0.2, 0) is 0 Å². The van der Waals surface area contributed by atoms with Crippen molar-refractivity contribution in [3.05, 3.63) is 0 Å². The van der Waals surface area contributed by atoms with Gasteiger partial charge in [-0.25, -0.2) is 0 Å². The zero-order valence-electron chi connectivity index (χ0n) is 8.99. The van der Waals surface area contributed by atoms with E-state index in [4.69, 9.17) is 0 Å². The zero-order valence-corrected chi connectivity index (χ0v) is 9.99. The molecule has 0 aliphatic rings. The molecule has 0 aliphatic heterocycles. The maximum atomic E-state index is 11.9. The summed E-state index contributed by atoms with van der Waals surface area (Å²) in [7, 11) is 0.303. The van der Waals surface area contributed by atoms with Gasteiger partial charge in [-0.3, -0.25) is 0 Å². The van der Waals surface area contributed by atoms with Crippen LogP contribution in [0.1, 0.15) is 27.2 Å². The first-order valence-electron chi connectivity index (χ1n) is 4.90. The maximum Gasteiger partial charge on any atom is 0.388 e. The summed E-state index contributed by atoms with van der Waals surface area (Å²) in [5, 5.41) is 0. The first kappa shape index (κ1) is 14.0. The monoisotopic (exact) mass is 225 g/mol. The third-order valence-electron chi connectivity index (χ3n) is 1.71. The molecular formula is C9H18F3NSi. The minimum Gasteiger partial charge on any atom is -0.325 e. The fourth-order valence-electron chi connectivity index (χ4n) is 1.10. The first-order valence-corrected chi connectivity index (χ1v) is 6.05. The Morgan fingerprint density at radius 3 is 2.21 bits per heavy atom. The lowest BCUT2D eigenvalue weighted by Gasteiger charge is -2.21. The Labute approximate surface area is 86.6 Å². The third kappa shape index (κ3) is 8.56. The zero-order chi connectivity index (χ0) is 11.2. The molecule has 0 saturated carbocycles. The van der Waals surface area contributed by atoms with Gasteiger partial charge in [0, 0.05) is 6.42 Å². The fourth-order valence-corrected chi connectivity index (χ4v) is 2.53. The van der Waals surface area contributed by atoms with Crippen molar-refractivity contribution in [3.8, 4) is 0 Å². The molecule has 0 heterocycles. The van der Waals surface area contributed by atoms with Crippen molar-refractivity contribution in [3.63, 3.8) is 0 Å². The fraction of sp³-hybridized carbons (Fsp3) is 1.00. The highest BCUT2D eigenvalue weighted by atomic mass is 28.2. The van der Waals surface area contributed by atoms with Crippen LogP contribution in [0.25, 0.3) is 0 Å². The van der Waals surface area contributed by atoms with Crippen LogP contribution >= 0.6 is 0 Å². The molecule has 2 radical (unpaired) electrons. The minimum atomic E-state index is -4.00. The van der Waals surface area contributed by atoms with Gasteiger partial charge in [0.1, 0.15) is 9.68 Å². The molecule has 0 aliphatic carbocycles. The smallest absolute Gasteiger partial charge is 0.325 e. The lowest BCUT2D eigenvalue weighted by atomic mass is 10.2. The molecule has 0 spiro atoms. The van der Waals surface area contributed by atoms with Crippen molar-refractivity contribution in [2.75, 3.05) is 13.1 Å². The van der Waals surface area contributed by atoms with E-state index in [0.717, 1.165) is 13.1 Å². The number of nitrogens with zero attached hydrogens (tertiary/aromatic N) is 1. The van der Waals surface area contributed by atoms with Gasteiger partial charge in [0.2, 0.25) is 0 Å². The summed E-state index contributed by atoms with van der Waals surface area (Å²) >= 11 is 0. The van der Waals surface area contributed by atoms with Crippen LogP contribution in [0.3, 0.4) is 0 Å². The van der Waals surface area contributed by atoms with E-state index in [0.29, 0.717) is 15.6 Å². The molecule has 84 valence electrons. The Balaban J connectivity index is 3.63. The summed E-state index contributed by atoms with van der Waals surface area (Å²) in [6, 6.07) is 0.240. The van der Waals surface area contributed by atoms with E-state index >= 15 is 0 Å². The molecule has 0 N–H and O–H groups in total. The average molecular weight is 225 g/mol. The molecule has 5 heteroatoms. The van der Waals surface area contributed by atoms with Crippen molar-refractivity contribution in [2.24, 2.45) is 5.92 Å². The molecule has 0 rings (SSSR count). The molecule has 0 unspecified atom stereocenters. The van der Waals surface area contributed by atoms with Gasteiger partial charge in [0.05, 0.1) is 0 Å². The van der Waals surface area contributed by atoms with Crippen LogP contribution < -0.4 is 0 Å². The first-order chi connectivity index (χ1) is 6.35. The average Bonchev–Trinajstić information content (AvgIpc) is 1.99. The lowest BCUT2D eigenvalue weighted by molar-refractivity contribution is -0.130. The van der Waals surface area contributed by atoms with E-state index in [-0.39, 0.29) is 6.04 Å². The van der Waals surface area contributed by atoms with Crippen LogP contribution in [0, 0.1) is 5.92 Å². The second-order valence-corrected chi connectivity index (χ2v) is 5.15. The van der Waals surface area contributed by atoms with Gasteiger partial charge in [0.15, 0.2) is 0 Å². The number of hydrogen-bond acceptors (Lipinski definition) is 1. The van der Waals surface area contributed by atoms with Crippen molar-refractivity contribution < 1.29 is 13.2 Å². The van der Waals surface area contributed by atoms with E-state index in [1.807, 2.05) is 6.92 Å². The standard InChI is InChI=1S/C9H18F3NSi/c1-4-13(7-8(2)3)14-6-5-9(10,11)12/h8H,4-7H2,1-3H3. The summed E-state index contributed by atoms with van der Waals surface area (Å²) < 4.78 is 37.7. The largest absolute Gasteiger partial charge is 0.388 e. The third-order valence-corrected chi connectivity index (χ3v) is 3.13. The number of alkyl halides is 3. The SMILES string of the molecule is CCN(CC(C)C)[Si]CCC(F)(F)F. The van der Waals surface area contributed by atoms with Gasteiger partial charge in [-0.1, -0.05) is 20.8 Å². The molecule has 0 aromatic heterocycles. The predicted octanol–water partition coefficient (Wildman–Crippen LogP) is 2.95. The molecule has 0 bridgehead atoms. The van der Waals surface area contributed by atoms with Crippen LogP contribution in [-0.4, -0.2) is 33.5 Å². The molecular weight excluding hydrogens is 207 g/mol. The summed E-state index contributed by atoms with van der Waals surface area (Å²) in [5.74, 6) is 0.522. The Morgan fingerprint density at radius 2 is 1.86 bits per heavy atom. The summed E-state index contributed by atoms with van der Waals surface area (Å²) in [4.78, 5) is 0. The second-order valence-electron chi connectivity index (χ2n) is 3.71. The van der Waals surface area contributed by atoms with E-state index in [9.17, 15) is 13.2 Å². The highest BCUT2D eigenvalue weighted by Crippen LogP contribution is 2.21. The lowest BCUT2D eigenvalue weighted by Crippen LogP contribution is -2.31. The van der Waals surface area contributed by atoms with Crippen molar-refractivity contribution >= 4 is 9.68 Å². The summed E-state index contributed by atoms with van der Waals surface area (Å²) in [5.41, 5.74) is 0. The van der Waals surface area contributed by atoms with Gasteiger partial charge in [-0.05, 0) is 25.1 Å². The predicted molar refractivity (Wildman–Crippen MR) is 53.3 cm³/mol. The maximum absolute atomic E-state index is 11.9. The van der Waals surface area contributed by atoms with Gasteiger partial charge in [-0.15, -0.1) is 0 Å². The van der Waals surface area contributed by atoms with E-state index in [1.165, 1.54) is 0 Å². The van der Waals surface area contributed by atoms with Crippen LogP contribution in [0.5, 0.6) is 0 Å². The van der Waals surface area contributed by atoms with E-state index < -0.39 is 12.6 Å². The Kier molecular flexibility index (Phi) is 6.44. The number of hydrogen-bond donors (Lipinski definition) is 0. The normalized spacial score (nSPS) is 12.9. The van der Waals surface area contributed by atoms with Gasteiger partial charge in [-0.2, -0.15) is 13.2 Å². The second kappa shape index (κ2) is 6.45. The molecule has 0 aromatic carbocycles. The summed E-state index contributed by atoms with van der Waals surface area (Å²) in [6.45, 7) is 7.89. The van der Waals surface area contributed by atoms with E-state index in [1.54, 1.807) is 0 Å². The minimum absolute atomic E-state index is 0.240. The topological polar surface area (TPSA) is 3.24 Å². The molecule has 0 fully saturated rings. The highest BCUT2D eigenvalue weighted by molar-refractivity contribution is 6.31. The van der Waals surface area contributed by atoms with Gasteiger partial charge >= 0.3 is 6.18 Å². The molecule has 0 amide bonds. The van der Waals surface area contributed by atoms with Crippen LogP contribution in [0.15, 0.2) is 0 Å². The Bertz CT molecular complexity index is 147. The van der Waals surface area contributed by atoms with Crippen molar-refractivity contribution in [2.45, 2.75) is 39.4 Å². The molecule has 0 atom stereocenters. The number of rotatable bonds is 6. The summed E-state index contributed by atoms with van der Waals surface area (Å²) in [6.07, 6.45) is -4.65. The van der Waals surface area contributed by atoms with Gasteiger partial charge < -0.3 is 4.57 Å². The Hall–Kier alpha value is -0.0331. The quantitative estimate of drug-likeness (QED) is 0.628. The van der Waals surface area contributed by atoms with E-state index in [2.05, 4.69) is 18.4 Å². The molecule has 0 saturated heterocycles. The van der Waals surface area contributed by atoms with Crippen LogP contribution in [0.2, 0.25) is 6.04 Å². The van der Waals surface area contributed by atoms with Crippen molar-refractivity contribution in [1.82, 2.24) is 4.57 Å². The highest BCUT2D eigenvalue weighted by Gasteiger charge is 2.26. The van der Waals surface area contributed by atoms with Crippen molar-refractivity contribution in [1.29, 1.82) is 0 Å². The molecule has 0 aromatic rings. The molecule has 1 nitrogen and oxygen atoms in total.